The number of amides is 1. The van der Waals surface area contributed by atoms with E-state index < -0.39 is 10.0 Å². The Bertz CT molecular complexity index is 1520. The quantitative estimate of drug-likeness (QED) is 0.285. The minimum absolute atomic E-state index is 0.0639. The highest BCUT2D eigenvalue weighted by atomic mass is 32.2. The van der Waals surface area contributed by atoms with E-state index in [0.717, 1.165) is 93.8 Å². The van der Waals surface area contributed by atoms with Crippen molar-refractivity contribution in [1.29, 1.82) is 0 Å². The molecule has 1 saturated carbocycles. The predicted octanol–water partition coefficient (Wildman–Crippen LogP) is 4.82. The number of aromatic nitrogens is 1. The van der Waals surface area contributed by atoms with Gasteiger partial charge in [-0.25, -0.2) is 13.4 Å². The molecule has 4 heterocycles. The third-order valence-electron chi connectivity index (χ3n) is 9.51. The average molecular weight is 639 g/mol. The number of nitrogens with zero attached hydrogens (tertiary/aromatic N) is 5. The molecule has 3 aliphatic rings. The summed E-state index contributed by atoms with van der Waals surface area (Å²) in [6.45, 7) is 12.6. The number of carbonyl (C=O) groups is 1. The number of hydrogen-bond donors (Lipinski definition) is 1. The Morgan fingerprint density at radius 2 is 1.68 bits per heavy atom. The van der Waals surface area contributed by atoms with E-state index in [2.05, 4.69) is 32.6 Å². The SMILES string of the molecule is CCN(CC)C(=O)c1ccc(-c2cc(NCCCN3CCC(N4CCN(S(=O)(=O)C5CC5)CC4)CC3)c3sccc3n2)cc1. The highest BCUT2D eigenvalue weighted by molar-refractivity contribution is 7.90. The molecule has 3 aromatic rings. The monoisotopic (exact) mass is 638 g/mol. The number of rotatable bonds is 12. The van der Waals surface area contributed by atoms with Crippen molar-refractivity contribution >= 4 is 43.2 Å². The fourth-order valence-corrected chi connectivity index (χ4v) is 9.30. The fourth-order valence-electron chi connectivity index (χ4n) is 6.65. The number of nitrogens with one attached hydrogen (secondary N) is 1. The summed E-state index contributed by atoms with van der Waals surface area (Å²) in [5, 5.41) is 5.68. The number of benzene rings is 1. The molecular formula is C33H46N6O3S2. The zero-order chi connectivity index (χ0) is 30.7. The number of carbonyl (C=O) groups excluding carboxylic acids is 1. The van der Waals surface area contributed by atoms with E-state index >= 15 is 0 Å². The number of anilines is 1. The average Bonchev–Trinajstić information content (AvgIpc) is 3.82. The Kier molecular flexibility index (Phi) is 9.87. The first kappa shape index (κ1) is 31.4. The van der Waals surface area contributed by atoms with Gasteiger partial charge in [0.2, 0.25) is 10.0 Å². The molecule has 2 aromatic heterocycles. The Hall–Kier alpha value is -2.57. The molecule has 0 bridgehead atoms. The van der Waals surface area contributed by atoms with Gasteiger partial charge in [-0.05, 0) is 95.2 Å². The van der Waals surface area contributed by atoms with Gasteiger partial charge < -0.3 is 15.1 Å². The van der Waals surface area contributed by atoms with Crippen molar-refractivity contribution in [2.45, 2.75) is 57.2 Å². The van der Waals surface area contributed by atoms with Crippen LogP contribution in [0.5, 0.6) is 0 Å². The molecular weight excluding hydrogens is 593 g/mol. The molecule has 0 radical (unpaired) electrons. The number of pyridine rings is 1. The lowest BCUT2D eigenvalue weighted by Gasteiger charge is -2.42. The highest BCUT2D eigenvalue weighted by Crippen LogP contribution is 2.33. The van der Waals surface area contributed by atoms with Crippen molar-refractivity contribution in [2.24, 2.45) is 0 Å². The molecule has 1 amide bonds. The topological polar surface area (TPSA) is 89.1 Å². The molecule has 2 saturated heterocycles. The van der Waals surface area contributed by atoms with E-state index in [4.69, 9.17) is 4.98 Å². The van der Waals surface area contributed by atoms with E-state index in [-0.39, 0.29) is 11.2 Å². The summed E-state index contributed by atoms with van der Waals surface area (Å²) in [5.41, 5.74) is 4.73. The third kappa shape index (κ3) is 6.97. The first-order valence-electron chi connectivity index (χ1n) is 16.3. The molecule has 238 valence electrons. The van der Waals surface area contributed by atoms with Gasteiger partial charge in [0, 0.05) is 63.0 Å². The molecule has 0 atom stereocenters. The van der Waals surface area contributed by atoms with Crippen molar-refractivity contribution in [1.82, 2.24) is 24.0 Å². The lowest BCUT2D eigenvalue weighted by molar-refractivity contribution is 0.0773. The van der Waals surface area contributed by atoms with Crippen LogP contribution in [0.4, 0.5) is 5.69 Å². The van der Waals surface area contributed by atoms with Crippen LogP contribution in [0.15, 0.2) is 41.8 Å². The lowest BCUT2D eigenvalue weighted by Crippen LogP contribution is -2.54. The summed E-state index contributed by atoms with van der Waals surface area (Å²) in [6.07, 6.45) is 5.06. The summed E-state index contributed by atoms with van der Waals surface area (Å²) >= 11 is 1.71. The van der Waals surface area contributed by atoms with Gasteiger partial charge in [0.1, 0.15) is 0 Å². The molecule has 2 aliphatic heterocycles. The fraction of sp³-hybridized carbons (Fsp3) is 0.576. The van der Waals surface area contributed by atoms with Crippen molar-refractivity contribution in [2.75, 3.05) is 70.8 Å². The number of piperidine rings is 1. The maximum Gasteiger partial charge on any atom is 0.253 e. The molecule has 1 N–H and O–H groups in total. The van der Waals surface area contributed by atoms with Crippen LogP contribution in [0.3, 0.4) is 0 Å². The van der Waals surface area contributed by atoms with Gasteiger partial charge in [0.25, 0.3) is 5.91 Å². The first-order chi connectivity index (χ1) is 21.4. The van der Waals surface area contributed by atoms with Crippen LogP contribution < -0.4 is 5.32 Å². The van der Waals surface area contributed by atoms with Crippen molar-refractivity contribution < 1.29 is 13.2 Å². The number of piperazine rings is 1. The van der Waals surface area contributed by atoms with Crippen molar-refractivity contribution in [3.05, 3.63) is 47.3 Å². The van der Waals surface area contributed by atoms with Crippen molar-refractivity contribution in [3.63, 3.8) is 0 Å². The van der Waals surface area contributed by atoms with Crippen LogP contribution in [0.2, 0.25) is 0 Å². The standard InChI is InChI=1S/C33H46N6O3S2/c1-3-37(4-2)33(40)26-8-6-25(7-9-26)30-24-31(32-29(35-30)14-23-43-32)34-15-5-16-36-17-12-27(13-18-36)38-19-21-39(22-20-38)44(41,42)28-10-11-28/h6-9,14,23-24,27-28H,3-5,10-13,15-22H2,1-2H3,(H,34,35). The summed E-state index contributed by atoms with van der Waals surface area (Å²) in [5.74, 6) is 0.0639. The number of likely N-dealkylation sites (tertiary alicyclic amines) is 1. The Morgan fingerprint density at radius 3 is 2.34 bits per heavy atom. The van der Waals surface area contributed by atoms with Gasteiger partial charge in [-0.15, -0.1) is 11.3 Å². The molecule has 0 unspecified atom stereocenters. The zero-order valence-corrected chi connectivity index (χ0v) is 27.7. The van der Waals surface area contributed by atoms with E-state index in [9.17, 15) is 13.2 Å². The molecule has 9 nitrogen and oxygen atoms in total. The summed E-state index contributed by atoms with van der Waals surface area (Å²) in [4.78, 5) is 24.6. The number of hydrogen-bond acceptors (Lipinski definition) is 8. The molecule has 1 aromatic carbocycles. The normalized spacial score (nSPS) is 19.4. The van der Waals surface area contributed by atoms with Crippen LogP contribution in [-0.2, 0) is 10.0 Å². The lowest BCUT2D eigenvalue weighted by atomic mass is 10.0. The number of sulfonamides is 1. The molecule has 6 rings (SSSR count). The Morgan fingerprint density at radius 1 is 0.977 bits per heavy atom. The highest BCUT2D eigenvalue weighted by Gasteiger charge is 2.41. The second kappa shape index (κ2) is 13.8. The van der Waals surface area contributed by atoms with Gasteiger partial charge in [-0.2, -0.15) is 4.31 Å². The molecule has 3 fully saturated rings. The number of fused-ring (bicyclic) bond motifs is 1. The predicted molar refractivity (Wildman–Crippen MR) is 180 cm³/mol. The minimum Gasteiger partial charge on any atom is -0.384 e. The minimum atomic E-state index is -3.04. The Balaban J connectivity index is 0.976. The molecule has 0 spiro atoms. The van der Waals surface area contributed by atoms with Gasteiger partial charge in [0.15, 0.2) is 0 Å². The van der Waals surface area contributed by atoms with E-state index in [1.54, 1.807) is 15.6 Å². The molecule has 44 heavy (non-hydrogen) atoms. The number of thiophene rings is 1. The van der Waals surface area contributed by atoms with Crippen molar-refractivity contribution in [3.8, 4) is 11.3 Å². The Labute approximate surface area is 266 Å². The van der Waals surface area contributed by atoms with Crippen LogP contribution in [0, 0.1) is 0 Å². The summed E-state index contributed by atoms with van der Waals surface area (Å²) in [7, 11) is -3.04. The van der Waals surface area contributed by atoms with E-state index in [0.29, 0.717) is 37.8 Å². The van der Waals surface area contributed by atoms with Gasteiger partial charge in [-0.3, -0.25) is 9.69 Å². The third-order valence-corrected chi connectivity index (χ3v) is 12.8. The van der Waals surface area contributed by atoms with Gasteiger partial charge in [0.05, 0.1) is 26.8 Å². The molecule has 1 aliphatic carbocycles. The molecule has 11 heteroatoms. The summed E-state index contributed by atoms with van der Waals surface area (Å²) in [6, 6.07) is 12.6. The van der Waals surface area contributed by atoms with E-state index in [1.807, 2.05) is 43.0 Å². The van der Waals surface area contributed by atoms with Crippen LogP contribution >= 0.6 is 11.3 Å². The smallest absolute Gasteiger partial charge is 0.253 e. The van der Waals surface area contributed by atoms with Crippen LogP contribution in [-0.4, -0.2) is 115 Å². The van der Waals surface area contributed by atoms with Crippen LogP contribution in [0.1, 0.15) is 56.3 Å². The first-order valence-corrected chi connectivity index (χ1v) is 18.7. The van der Waals surface area contributed by atoms with Gasteiger partial charge >= 0.3 is 0 Å². The van der Waals surface area contributed by atoms with Crippen LogP contribution in [0.25, 0.3) is 21.5 Å². The zero-order valence-electron chi connectivity index (χ0n) is 26.1. The van der Waals surface area contributed by atoms with E-state index in [1.165, 1.54) is 4.70 Å². The van der Waals surface area contributed by atoms with Gasteiger partial charge in [-0.1, -0.05) is 12.1 Å². The second-order valence-electron chi connectivity index (χ2n) is 12.3. The largest absolute Gasteiger partial charge is 0.384 e. The maximum atomic E-state index is 12.7. The summed E-state index contributed by atoms with van der Waals surface area (Å²) < 4.78 is 28.1. The maximum absolute atomic E-state index is 12.7. The second-order valence-corrected chi connectivity index (χ2v) is 15.4.